The smallest absolute Gasteiger partial charge is 0.340 e. The molecule has 2 heterocycles. The second-order valence-electron chi connectivity index (χ2n) is 8.71. The van der Waals surface area contributed by atoms with Crippen molar-refractivity contribution in [3.05, 3.63) is 87.7 Å². The molecular formula is C28H27N3O6. The van der Waals surface area contributed by atoms with Crippen molar-refractivity contribution in [3.8, 4) is 0 Å². The number of hydrogen-bond donors (Lipinski definition) is 4. The molecule has 1 aromatic heterocycles. The van der Waals surface area contributed by atoms with E-state index in [1.165, 1.54) is 6.07 Å². The molecule has 2 aromatic carbocycles. The number of carbonyl (C=O) groups excluding carboxylic acids is 3. The molecule has 1 atom stereocenters. The predicted octanol–water partition coefficient (Wildman–Crippen LogP) is 3.73. The Morgan fingerprint density at radius 2 is 1.84 bits per heavy atom. The second-order valence-corrected chi connectivity index (χ2v) is 8.71. The average molecular weight is 502 g/mol. The molecule has 37 heavy (non-hydrogen) atoms. The molecule has 2 amide bonds. The van der Waals surface area contributed by atoms with Crippen molar-refractivity contribution in [2.45, 2.75) is 33.2 Å². The van der Waals surface area contributed by atoms with Crippen molar-refractivity contribution in [1.29, 1.82) is 0 Å². The summed E-state index contributed by atoms with van der Waals surface area (Å²) in [4.78, 5) is 53.0. The Morgan fingerprint density at radius 1 is 1.11 bits per heavy atom. The molecule has 9 nitrogen and oxygen atoms in total. The van der Waals surface area contributed by atoms with Gasteiger partial charge in [0.1, 0.15) is 6.04 Å². The molecule has 0 fully saturated rings. The number of esters is 1. The number of aryl methyl sites for hydroxylation is 1. The summed E-state index contributed by atoms with van der Waals surface area (Å²) in [5, 5.41) is 15.0. The number of benzene rings is 2. The summed E-state index contributed by atoms with van der Waals surface area (Å²) in [7, 11) is 0. The van der Waals surface area contributed by atoms with Crippen molar-refractivity contribution in [1.82, 2.24) is 10.3 Å². The molecule has 1 aliphatic heterocycles. The SMILES string of the molecule is CCOC(=O)c1c(C)[nH]c(/C=C2\C(=O)Nc3ccc(C(=O)N[C@@H](Cc4ccccc4)C(=O)O)cc32)c1C. The summed E-state index contributed by atoms with van der Waals surface area (Å²) < 4.78 is 5.13. The van der Waals surface area contributed by atoms with Crippen LogP contribution in [0.25, 0.3) is 11.6 Å². The van der Waals surface area contributed by atoms with Crippen molar-refractivity contribution in [2.24, 2.45) is 0 Å². The first-order chi connectivity index (χ1) is 17.7. The van der Waals surface area contributed by atoms with Crippen LogP contribution < -0.4 is 10.6 Å². The Labute approximate surface area is 213 Å². The topological polar surface area (TPSA) is 138 Å². The zero-order valence-electron chi connectivity index (χ0n) is 20.7. The van der Waals surface area contributed by atoms with Crippen LogP contribution in [0.15, 0.2) is 48.5 Å². The maximum absolute atomic E-state index is 13.0. The molecule has 1 aliphatic rings. The van der Waals surface area contributed by atoms with E-state index in [9.17, 15) is 24.3 Å². The molecule has 190 valence electrons. The first kappa shape index (κ1) is 25.4. The van der Waals surface area contributed by atoms with Gasteiger partial charge in [-0.1, -0.05) is 30.3 Å². The summed E-state index contributed by atoms with van der Waals surface area (Å²) in [6.45, 7) is 5.49. The van der Waals surface area contributed by atoms with Gasteiger partial charge in [-0.05, 0) is 56.2 Å². The minimum absolute atomic E-state index is 0.131. The van der Waals surface area contributed by atoms with Gasteiger partial charge >= 0.3 is 11.9 Å². The summed E-state index contributed by atoms with van der Waals surface area (Å²) in [5.41, 5.74) is 4.58. The van der Waals surface area contributed by atoms with Gasteiger partial charge in [-0.2, -0.15) is 0 Å². The molecule has 0 unspecified atom stereocenters. The van der Waals surface area contributed by atoms with Gasteiger partial charge in [-0.25, -0.2) is 9.59 Å². The molecule has 9 heteroatoms. The maximum atomic E-state index is 13.0. The first-order valence-corrected chi connectivity index (χ1v) is 11.8. The molecule has 0 saturated heterocycles. The largest absolute Gasteiger partial charge is 0.480 e. The molecule has 4 N–H and O–H groups in total. The van der Waals surface area contributed by atoms with E-state index in [4.69, 9.17) is 4.74 Å². The lowest BCUT2D eigenvalue weighted by atomic mass is 10.0. The van der Waals surface area contributed by atoms with Crippen LogP contribution in [-0.2, 0) is 20.7 Å². The molecule has 0 aliphatic carbocycles. The number of fused-ring (bicyclic) bond motifs is 1. The molecule has 0 radical (unpaired) electrons. The number of anilines is 1. The number of carboxylic acids is 1. The van der Waals surface area contributed by atoms with Crippen molar-refractivity contribution >= 4 is 41.1 Å². The fraction of sp³-hybridized carbons (Fsp3) is 0.214. The van der Waals surface area contributed by atoms with E-state index in [2.05, 4.69) is 15.6 Å². The Balaban J connectivity index is 1.62. The highest BCUT2D eigenvalue weighted by molar-refractivity contribution is 6.35. The molecule has 0 bridgehead atoms. The first-order valence-electron chi connectivity index (χ1n) is 11.8. The molecule has 0 spiro atoms. The van der Waals surface area contributed by atoms with E-state index in [-0.39, 0.29) is 24.5 Å². The van der Waals surface area contributed by atoms with E-state index >= 15 is 0 Å². The fourth-order valence-electron chi connectivity index (χ4n) is 4.34. The summed E-state index contributed by atoms with van der Waals surface area (Å²) in [6.07, 6.45) is 1.76. The fourth-order valence-corrected chi connectivity index (χ4v) is 4.34. The third-order valence-electron chi connectivity index (χ3n) is 6.20. The zero-order valence-corrected chi connectivity index (χ0v) is 20.7. The standard InChI is InChI=1S/C28H27N3O6/c1-4-37-28(36)24-15(2)22(29-16(24)3)14-20-19-13-18(10-11-21(19)30-26(20)33)25(32)31-23(27(34)35)12-17-8-6-5-7-9-17/h5-11,13-14,23,29H,4,12H2,1-3H3,(H,30,33)(H,31,32)(H,34,35)/b20-14-/t23-/m0/s1. The van der Waals surface area contributed by atoms with Crippen LogP contribution in [0.5, 0.6) is 0 Å². The normalized spacial score (nSPS) is 14.1. The number of carbonyl (C=O) groups is 4. The van der Waals surface area contributed by atoms with Gasteiger partial charge in [-0.15, -0.1) is 0 Å². The zero-order chi connectivity index (χ0) is 26.7. The average Bonchev–Trinajstić information content (AvgIpc) is 3.33. The van der Waals surface area contributed by atoms with Gasteiger partial charge in [0, 0.05) is 34.6 Å². The number of amides is 2. The Kier molecular flexibility index (Phi) is 7.24. The number of aromatic amines is 1. The highest BCUT2D eigenvalue weighted by atomic mass is 16.5. The van der Waals surface area contributed by atoms with Crippen LogP contribution in [-0.4, -0.2) is 46.5 Å². The van der Waals surface area contributed by atoms with Gasteiger partial charge in [0.25, 0.3) is 11.8 Å². The lowest BCUT2D eigenvalue weighted by Crippen LogP contribution is -2.42. The molecule has 3 aromatic rings. The third kappa shape index (κ3) is 5.30. The van der Waals surface area contributed by atoms with Gasteiger partial charge in [0.2, 0.25) is 0 Å². The second kappa shape index (κ2) is 10.5. The molecular weight excluding hydrogens is 474 g/mol. The van der Waals surface area contributed by atoms with E-state index < -0.39 is 23.9 Å². The predicted molar refractivity (Wildman–Crippen MR) is 138 cm³/mol. The van der Waals surface area contributed by atoms with E-state index in [0.717, 1.165) is 5.56 Å². The number of nitrogens with one attached hydrogen (secondary N) is 3. The van der Waals surface area contributed by atoms with Crippen LogP contribution >= 0.6 is 0 Å². The molecule has 4 rings (SSSR count). The minimum atomic E-state index is -1.15. The van der Waals surface area contributed by atoms with Crippen molar-refractivity contribution in [2.75, 3.05) is 11.9 Å². The van der Waals surface area contributed by atoms with Crippen LogP contribution in [0.4, 0.5) is 5.69 Å². The van der Waals surface area contributed by atoms with Gasteiger partial charge in [0.05, 0.1) is 17.7 Å². The van der Waals surface area contributed by atoms with Crippen LogP contribution in [0, 0.1) is 13.8 Å². The lowest BCUT2D eigenvalue weighted by Gasteiger charge is -2.15. The number of carboxylic acid groups (broad SMARTS) is 1. The summed E-state index contributed by atoms with van der Waals surface area (Å²) in [5.74, 6) is -2.52. The van der Waals surface area contributed by atoms with Crippen LogP contribution in [0.3, 0.4) is 0 Å². The number of hydrogen-bond acceptors (Lipinski definition) is 5. The number of aliphatic carboxylic acids is 1. The van der Waals surface area contributed by atoms with Crippen molar-refractivity contribution < 1.29 is 29.0 Å². The van der Waals surface area contributed by atoms with Gasteiger partial charge in [-0.3, -0.25) is 9.59 Å². The van der Waals surface area contributed by atoms with Crippen LogP contribution in [0.2, 0.25) is 0 Å². The van der Waals surface area contributed by atoms with Gasteiger partial charge in [0.15, 0.2) is 0 Å². The van der Waals surface area contributed by atoms with Crippen LogP contribution in [0.1, 0.15) is 55.7 Å². The number of aromatic nitrogens is 1. The Morgan fingerprint density at radius 3 is 2.51 bits per heavy atom. The lowest BCUT2D eigenvalue weighted by molar-refractivity contribution is -0.139. The highest BCUT2D eigenvalue weighted by Gasteiger charge is 2.28. The highest BCUT2D eigenvalue weighted by Crippen LogP contribution is 2.35. The number of H-pyrrole nitrogens is 1. The van der Waals surface area contributed by atoms with E-state index in [1.807, 2.05) is 6.07 Å². The third-order valence-corrected chi connectivity index (χ3v) is 6.20. The number of rotatable bonds is 8. The number of ether oxygens (including phenoxy) is 1. The van der Waals surface area contributed by atoms with E-state index in [1.54, 1.807) is 63.2 Å². The molecule has 0 saturated carbocycles. The quantitative estimate of drug-likeness (QED) is 0.274. The van der Waals surface area contributed by atoms with Crippen molar-refractivity contribution in [3.63, 3.8) is 0 Å². The van der Waals surface area contributed by atoms with E-state index in [0.29, 0.717) is 39.3 Å². The Hall–Kier alpha value is -4.66. The summed E-state index contributed by atoms with van der Waals surface area (Å²) in [6, 6.07) is 12.6. The Bertz CT molecular complexity index is 1420. The van der Waals surface area contributed by atoms with Gasteiger partial charge < -0.3 is 25.5 Å². The minimum Gasteiger partial charge on any atom is -0.480 e. The monoisotopic (exact) mass is 501 g/mol. The maximum Gasteiger partial charge on any atom is 0.340 e. The summed E-state index contributed by atoms with van der Waals surface area (Å²) >= 11 is 0.